The Labute approximate surface area is 203 Å². The minimum Gasteiger partial charge on any atom is -0.493 e. The van der Waals surface area contributed by atoms with E-state index in [0.717, 1.165) is 46.9 Å². The Morgan fingerprint density at radius 2 is 1.83 bits per heavy atom. The molecule has 3 aromatic rings. The Bertz CT molecular complexity index is 1320. The van der Waals surface area contributed by atoms with Gasteiger partial charge < -0.3 is 19.3 Å². The second kappa shape index (κ2) is 9.09. The average Bonchev–Trinajstić information content (AvgIpc) is 3.42. The third-order valence-corrected chi connectivity index (χ3v) is 6.89. The molecule has 2 aromatic heterocycles. The van der Waals surface area contributed by atoms with Gasteiger partial charge in [0.1, 0.15) is 5.82 Å². The first-order chi connectivity index (χ1) is 16.9. The second-order valence-electron chi connectivity index (χ2n) is 8.97. The number of aromatic amines is 1. The van der Waals surface area contributed by atoms with Crippen LogP contribution in [0.2, 0.25) is 0 Å². The fourth-order valence-electron chi connectivity index (χ4n) is 5.11. The number of fused-ring (bicyclic) bond motifs is 3. The zero-order chi connectivity index (χ0) is 24.7. The molecule has 1 N–H and O–H groups in total. The summed E-state index contributed by atoms with van der Waals surface area (Å²) in [7, 11) is 3.22. The molecule has 35 heavy (non-hydrogen) atoms. The molecule has 0 atom stereocenters. The zero-order valence-electron chi connectivity index (χ0n) is 20.6. The number of nitrogens with one attached hydrogen (secondary N) is 1. The van der Waals surface area contributed by atoms with E-state index in [1.54, 1.807) is 18.8 Å². The fourth-order valence-corrected chi connectivity index (χ4v) is 5.11. The average molecular weight is 479 g/mol. The summed E-state index contributed by atoms with van der Waals surface area (Å²) in [5, 5.41) is 7.39. The van der Waals surface area contributed by atoms with Crippen molar-refractivity contribution in [2.75, 3.05) is 38.8 Å². The Morgan fingerprint density at radius 1 is 1.06 bits per heavy atom. The number of aryl methyl sites for hydroxylation is 3. The van der Waals surface area contributed by atoms with Crippen LogP contribution in [0.3, 0.4) is 0 Å². The van der Waals surface area contributed by atoms with Crippen LogP contribution >= 0.6 is 0 Å². The largest absolute Gasteiger partial charge is 0.493 e. The summed E-state index contributed by atoms with van der Waals surface area (Å²) in [6, 6.07) is 5.84. The zero-order valence-corrected chi connectivity index (χ0v) is 20.6. The van der Waals surface area contributed by atoms with Crippen LogP contribution in [0.15, 0.2) is 23.0 Å². The Hall–Kier alpha value is -3.82. The van der Waals surface area contributed by atoms with E-state index in [0.29, 0.717) is 49.8 Å². The molecular formula is C25H30N6O4. The van der Waals surface area contributed by atoms with Crippen molar-refractivity contribution in [3.05, 3.63) is 45.6 Å². The fraction of sp³-hybridized carbons (Fsp3) is 0.440. The molecule has 4 heterocycles. The Kier molecular flexibility index (Phi) is 5.96. The van der Waals surface area contributed by atoms with E-state index in [2.05, 4.69) is 15.2 Å². The molecule has 1 fully saturated rings. The number of amides is 1. The third-order valence-electron chi connectivity index (χ3n) is 6.89. The summed E-state index contributed by atoms with van der Waals surface area (Å²) >= 11 is 0. The minimum absolute atomic E-state index is 0.166. The number of anilines is 2. The Balaban J connectivity index is 1.61. The van der Waals surface area contributed by atoms with E-state index in [4.69, 9.17) is 9.47 Å². The molecule has 2 aliphatic rings. The summed E-state index contributed by atoms with van der Waals surface area (Å²) in [6.07, 6.45) is 2.16. The van der Waals surface area contributed by atoms with Crippen LogP contribution in [0.25, 0.3) is 11.3 Å². The maximum absolute atomic E-state index is 13.2. The summed E-state index contributed by atoms with van der Waals surface area (Å²) in [5.74, 6) is 1.97. The topological polar surface area (TPSA) is 106 Å². The van der Waals surface area contributed by atoms with Gasteiger partial charge in [0, 0.05) is 44.2 Å². The lowest BCUT2D eigenvalue weighted by atomic mass is 9.96. The molecular weight excluding hydrogens is 448 g/mol. The molecule has 10 heteroatoms. The summed E-state index contributed by atoms with van der Waals surface area (Å²) in [6.45, 7) is 6.21. The van der Waals surface area contributed by atoms with Gasteiger partial charge in [-0.15, -0.1) is 0 Å². The van der Waals surface area contributed by atoms with Gasteiger partial charge in [-0.3, -0.25) is 14.5 Å². The highest BCUT2D eigenvalue weighted by atomic mass is 16.5. The van der Waals surface area contributed by atoms with Crippen molar-refractivity contribution in [2.45, 2.75) is 39.7 Å². The number of rotatable bonds is 7. The number of hydrogen-bond acceptors (Lipinski definition) is 7. The van der Waals surface area contributed by atoms with Gasteiger partial charge in [-0.25, -0.2) is 4.79 Å². The molecule has 1 aromatic carbocycles. The maximum atomic E-state index is 13.2. The van der Waals surface area contributed by atoms with Gasteiger partial charge in [0.25, 0.3) is 0 Å². The van der Waals surface area contributed by atoms with Crippen molar-refractivity contribution >= 4 is 17.4 Å². The monoisotopic (exact) mass is 478 g/mol. The first-order valence-corrected chi connectivity index (χ1v) is 11.8. The molecule has 1 saturated heterocycles. The van der Waals surface area contributed by atoms with Crippen molar-refractivity contribution in [2.24, 2.45) is 0 Å². The van der Waals surface area contributed by atoms with E-state index in [-0.39, 0.29) is 11.6 Å². The van der Waals surface area contributed by atoms with Gasteiger partial charge in [0.15, 0.2) is 11.5 Å². The molecule has 0 spiro atoms. The predicted molar refractivity (Wildman–Crippen MR) is 132 cm³/mol. The van der Waals surface area contributed by atoms with Crippen LogP contribution in [0.1, 0.15) is 29.8 Å². The van der Waals surface area contributed by atoms with E-state index in [1.165, 1.54) is 0 Å². The van der Waals surface area contributed by atoms with Crippen molar-refractivity contribution in [1.82, 2.24) is 24.6 Å². The minimum atomic E-state index is -0.306. The number of hydrogen-bond donors (Lipinski definition) is 1. The summed E-state index contributed by atoms with van der Waals surface area (Å²) in [5.41, 5.74) is 5.04. The quantitative estimate of drug-likeness (QED) is 0.556. The van der Waals surface area contributed by atoms with E-state index >= 15 is 0 Å². The SMILES string of the molecule is COc1cc2c(cc1OC)-c1cc(N(CCN3CCCC3=O)c3c(C)n[nH]c3C)nc(=O)n1CC2. The predicted octanol–water partition coefficient (Wildman–Crippen LogP) is 2.58. The van der Waals surface area contributed by atoms with Crippen LogP contribution in [-0.4, -0.2) is 64.4 Å². The molecule has 184 valence electrons. The van der Waals surface area contributed by atoms with E-state index in [1.807, 2.05) is 41.8 Å². The van der Waals surface area contributed by atoms with Gasteiger partial charge >= 0.3 is 5.69 Å². The lowest BCUT2D eigenvalue weighted by Crippen LogP contribution is -2.36. The van der Waals surface area contributed by atoms with E-state index < -0.39 is 0 Å². The molecule has 0 aliphatic carbocycles. The molecule has 2 aliphatic heterocycles. The number of likely N-dealkylation sites (tertiary alicyclic amines) is 1. The number of carbonyl (C=O) groups is 1. The highest BCUT2D eigenvalue weighted by Gasteiger charge is 2.27. The van der Waals surface area contributed by atoms with Crippen LogP contribution in [0, 0.1) is 13.8 Å². The van der Waals surface area contributed by atoms with Crippen LogP contribution in [-0.2, 0) is 17.8 Å². The van der Waals surface area contributed by atoms with E-state index in [9.17, 15) is 9.59 Å². The van der Waals surface area contributed by atoms with Crippen molar-refractivity contribution in [3.63, 3.8) is 0 Å². The number of H-pyrrole nitrogens is 1. The maximum Gasteiger partial charge on any atom is 0.350 e. The molecule has 5 rings (SSSR count). The van der Waals surface area contributed by atoms with Gasteiger partial charge in [-0.2, -0.15) is 10.1 Å². The highest BCUT2D eigenvalue weighted by Crippen LogP contribution is 2.39. The van der Waals surface area contributed by atoms with Gasteiger partial charge in [0.05, 0.1) is 37.0 Å². The number of ether oxygens (including phenoxy) is 2. The van der Waals surface area contributed by atoms with Crippen LogP contribution in [0.5, 0.6) is 11.5 Å². The summed E-state index contributed by atoms with van der Waals surface area (Å²) in [4.78, 5) is 33.8. The molecule has 0 saturated carbocycles. The second-order valence-corrected chi connectivity index (χ2v) is 8.97. The first kappa shape index (κ1) is 22.9. The first-order valence-electron chi connectivity index (χ1n) is 11.8. The standard InChI is InChI=1S/C25H30N6O4/c1-15-24(16(2)28-27-15)31(11-10-29-8-5-6-23(29)32)22-14-19-18-13-21(35-4)20(34-3)12-17(18)7-9-30(19)25(33)26-22/h12-14H,5-11H2,1-4H3,(H,27,28). The molecule has 0 radical (unpaired) electrons. The number of aromatic nitrogens is 4. The van der Waals surface area contributed by atoms with Crippen molar-refractivity contribution in [1.29, 1.82) is 0 Å². The Morgan fingerprint density at radius 3 is 2.49 bits per heavy atom. The van der Waals surface area contributed by atoms with Crippen LogP contribution in [0.4, 0.5) is 11.5 Å². The number of nitrogens with zero attached hydrogens (tertiary/aromatic N) is 5. The lowest BCUT2D eigenvalue weighted by molar-refractivity contribution is -0.127. The van der Waals surface area contributed by atoms with Crippen LogP contribution < -0.4 is 20.1 Å². The van der Waals surface area contributed by atoms with Gasteiger partial charge in [-0.05, 0) is 44.4 Å². The highest BCUT2D eigenvalue weighted by molar-refractivity contribution is 5.78. The lowest BCUT2D eigenvalue weighted by Gasteiger charge is -2.29. The van der Waals surface area contributed by atoms with Gasteiger partial charge in [-0.1, -0.05) is 0 Å². The smallest absolute Gasteiger partial charge is 0.350 e. The third kappa shape index (κ3) is 4.02. The van der Waals surface area contributed by atoms with Gasteiger partial charge in [0.2, 0.25) is 5.91 Å². The number of carbonyl (C=O) groups excluding carboxylic acids is 1. The number of benzene rings is 1. The number of methoxy groups -OCH3 is 2. The molecule has 0 bridgehead atoms. The van der Waals surface area contributed by atoms with Crippen molar-refractivity contribution in [3.8, 4) is 22.8 Å². The molecule has 10 nitrogen and oxygen atoms in total. The normalized spacial score (nSPS) is 14.6. The molecule has 0 unspecified atom stereocenters. The van der Waals surface area contributed by atoms with Crippen molar-refractivity contribution < 1.29 is 14.3 Å². The summed E-state index contributed by atoms with van der Waals surface area (Å²) < 4.78 is 12.7. The molecule has 1 amide bonds.